The monoisotopic (exact) mass is 433 g/mol. The van der Waals surface area contributed by atoms with Crippen molar-refractivity contribution in [3.8, 4) is 11.5 Å². The maximum absolute atomic E-state index is 12.2. The van der Waals surface area contributed by atoms with Gasteiger partial charge in [0.15, 0.2) is 0 Å². The summed E-state index contributed by atoms with van der Waals surface area (Å²) >= 11 is 0. The lowest BCUT2D eigenvalue weighted by molar-refractivity contribution is 0.111. The summed E-state index contributed by atoms with van der Waals surface area (Å²) in [6.45, 7) is 5.16. The average Bonchev–Trinajstić information content (AvgIpc) is 2.75. The van der Waals surface area contributed by atoms with E-state index in [1.165, 1.54) is 0 Å². The highest BCUT2D eigenvalue weighted by atomic mass is 31.0. The molecule has 31 heavy (non-hydrogen) atoms. The molecular weight excluding hydrogens is 405 g/mol. The Labute approximate surface area is 185 Å². The molecule has 1 heterocycles. The molecular formula is C25H28N3O2P. The number of hydrogen-bond donors (Lipinski definition) is 2. The van der Waals surface area contributed by atoms with Gasteiger partial charge >= 0.3 is 0 Å². The van der Waals surface area contributed by atoms with Crippen LogP contribution in [0.25, 0.3) is 0 Å². The molecule has 3 aromatic carbocycles. The van der Waals surface area contributed by atoms with Gasteiger partial charge in [0.1, 0.15) is 23.3 Å². The first kappa shape index (κ1) is 21.5. The molecule has 0 bridgehead atoms. The molecule has 0 saturated heterocycles. The molecule has 0 aliphatic carbocycles. The molecule has 4 rings (SSSR count). The summed E-state index contributed by atoms with van der Waals surface area (Å²) in [5, 5.41) is 1.06. The van der Waals surface area contributed by atoms with E-state index in [9.17, 15) is 4.79 Å². The van der Waals surface area contributed by atoms with Gasteiger partial charge in [0, 0.05) is 41.5 Å². The van der Waals surface area contributed by atoms with Crippen LogP contribution in [-0.2, 0) is 5.54 Å². The van der Waals surface area contributed by atoms with E-state index in [0.29, 0.717) is 30.1 Å². The number of nitrogens with two attached hydrogens (primary N) is 2. The minimum atomic E-state index is -0.763. The van der Waals surface area contributed by atoms with Gasteiger partial charge in [-0.25, -0.2) is 0 Å². The number of carbonyl (C=O) groups is 1. The first-order valence-corrected chi connectivity index (χ1v) is 10.9. The number of nitrogens with zero attached hydrogens (tertiary/aromatic N) is 1. The highest BCUT2D eigenvalue weighted by Gasteiger charge is 2.48. The number of benzene rings is 3. The van der Waals surface area contributed by atoms with Crippen molar-refractivity contribution < 1.29 is 9.53 Å². The molecule has 1 aliphatic rings. The fraction of sp³-hybridized carbons (Fsp3) is 0.240. The predicted octanol–water partition coefficient (Wildman–Crippen LogP) is 3.49. The molecule has 2 atom stereocenters. The number of nitrogen functional groups attached to an aromatic ring is 1. The maximum Gasteiger partial charge on any atom is 0.150 e. The Morgan fingerprint density at radius 2 is 1.68 bits per heavy atom. The highest BCUT2D eigenvalue weighted by Crippen LogP contribution is 2.54. The fourth-order valence-electron chi connectivity index (χ4n) is 4.60. The van der Waals surface area contributed by atoms with Crippen molar-refractivity contribution in [3.63, 3.8) is 0 Å². The summed E-state index contributed by atoms with van der Waals surface area (Å²) in [7, 11) is 4.81. The van der Waals surface area contributed by atoms with Crippen LogP contribution in [0.15, 0.2) is 48.5 Å². The van der Waals surface area contributed by atoms with E-state index < -0.39 is 5.54 Å². The van der Waals surface area contributed by atoms with Gasteiger partial charge in [0.2, 0.25) is 0 Å². The topological polar surface area (TPSA) is 81.6 Å². The van der Waals surface area contributed by atoms with Crippen LogP contribution in [0.4, 0.5) is 5.69 Å². The summed E-state index contributed by atoms with van der Waals surface area (Å²) in [4.78, 5) is 14.4. The van der Waals surface area contributed by atoms with Crippen LogP contribution in [0.2, 0.25) is 0 Å². The smallest absolute Gasteiger partial charge is 0.150 e. The Bertz CT molecular complexity index is 1120. The minimum Gasteiger partial charge on any atom is -0.456 e. The van der Waals surface area contributed by atoms with Crippen LogP contribution >= 0.6 is 9.24 Å². The second-order valence-corrected chi connectivity index (χ2v) is 8.76. The Balaban J connectivity index is 2.21. The van der Waals surface area contributed by atoms with Gasteiger partial charge in [-0.3, -0.25) is 9.69 Å². The fourth-order valence-corrected chi connectivity index (χ4v) is 4.84. The van der Waals surface area contributed by atoms with Gasteiger partial charge in [-0.05, 0) is 61.1 Å². The third kappa shape index (κ3) is 3.25. The van der Waals surface area contributed by atoms with Gasteiger partial charge in [-0.2, -0.15) is 0 Å². The molecule has 3 aromatic rings. The van der Waals surface area contributed by atoms with E-state index in [2.05, 4.69) is 33.2 Å². The maximum atomic E-state index is 12.2. The molecule has 0 fully saturated rings. The predicted molar refractivity (Wildman–Crippen MR) is 130 cm³/mol. The number of aldehydes is 1. The Hall–Kier alpha value is -2.72. The zero-order valence-electron chi connectivity index (χ0n) is 18.1. The van der Waals surface area contributed by atoms with Crippen molar-refractivity contribution in [3.05, 3.63) is 81.9 Å². The van der Waals surface area contributed by atoms with Crippen molar-refractivity contribution in [1.29, 1.82) is 0 Å². The van der Waals surface area contributed by atoms with E-state index in [-0.39, 0.29) is 0 Å². The van der Waals surface area contributed by atoms with Gasteiger partial charge in [0.05, 0.1) is 0 Å². The van der Waals surface area contributed by atoms with Crippen molar-refractivity contribution in [2.24, 2.45) is 5.73 Å². The minimum absolute atomic E-state index is 0.474. The molecule has 2 unspecified atom stereocenters. The number of hydrogen-bond acceptors (Lipinski definition) is 5. The normalized spacial score (nSPS) is 17.1. The molecule has 0 aromatic heterocycles. The molecule has 0 spiro atoms. The summed E-state index contributed by atoms with van der Waals surface area (Å²) in [5.41, 5.74) is 17.7. The number of aryl methyl sites for hydroxylation is 2. The van der Waals surface area contributed by atoms with Crippen LogP contribution in [-0.4, -0.2) is 31.3 Å². The van der Waals surface area contributed by atoms with E-state index in [1.54, 1.807) is 0 Å². The Morgan fingerprint density at radius 3 is 2.35 bits per heavy atom. The third-order valence-corrected chi connectivity index (χ3v) is 6.87. The molecule has 1 aliphatic heterocycles. The Kier molecular flexibility index (Phi) is 5.61. The largest absolute Gasteiger partial charge is 0.456 e. The van der Waals surface area contributed by atoms with Crippen LogP contribution in [0, 0.1) is 13.8 Å². The van der Waals surface area contributed by atoms with E-state index >= 15 is 0 Å². The zero-order valence-corrected chi connectivity index (χ0v) is 19.3. The van der Waals surface area contributed by atoms with Crippen LogP contribution in [0.3, 0.4) is 0 Å². The lowest BCUT2D eigenvalue weighted by atomic mass is 9.71. The first-order valence-electron chi connectivity index (χ1n) is 10.3. The average molecular weight is 433 g/mol. The number of anilines is 1. The zero-order chi connectivity index (χ0) is 22.3. The molecule has 0 radical (unpaired) electrons. The third-order valence-electron chi connectivity index (χ3n) is 6.25. The summed E-state index contributed by atoms with van der Waals surface area (Å²) < 4.78 is 6.39. The number of fused-ring (bicyclic) bond motifs is 2. The van der Waals surface area contributed by atoms with Gasteiger partial charge < -0.3 is 16.2 Å². The molecule has 160 valence electrons. The van der Waals surface area contributed by atoms with Crippen molar-refractivity contribution in [2.75, 3.05) is 25.9 Å². The summed E-state index contributed by atoms with van der Waals surface area (Å²) in [6, 6.07) is 15.9. The van der Waals surface area contributed by atoms with E-state index in [4.69, 9.17) is 16.2 Å². The van der Waals surface area contributed by atoms with Crippen LogP contribution in [0.5, 0.6) is 11.5 Å². The molecule has 4 N–H and O–H groups in total. The second-order valence-electron chi connectivity index (χ2n) is 8.14. The van der Waals surface area contributed by atoms with Gasteiger partial charge in [0.25, 0.3) is 0 Å². The van der Waals surface area contributed by atoms with Crippen molar-refractivity contribution >= 4 is 26.5 Å². The Morgan fingerprint density at radius 1 is 1.03 bits per heavy atom. The standard InChI is InChI=1S/C25H28N3O2P/c1-15-10-19-22(12-21(15)27)30-23-13-24(31)16(2)11-20(23)25(19,28(3)9-8-26)18-7-5-4-6-17(18)14-29/h4-7,10-14H,8-9,26-27,31H2,1-3H3. The molecule has 0 amide bonds. The highest BCUT2D eigenvalue weighted by molar-refractivity contribution is 7.27. The first-order chi connectivity index (χ1) is 14.8. The van der Waals surface area contributed by atoms with Crippen LogP contribution < -0.4 is 21.5 Å². The quantitative estimate of drug-likeness (QED) is 0.366. The number of likely N-dealkylation sites (N-methyl/N-ethyl adjacent to an activating group) is 1. The lowest BCUT2D eigenvalue weighted by Crippen LogP contribution is -2.50. The number of carbonyl (C=O) groups excluding carboxylic acids is 1. The molecule has 0 saturated carbocycles. The van der Waals surface area contributed by atoms with Crippen molar-refractivity contribution in [1.82, 2.24) is 4.90 Å². The molecule has 5 nitrogen and oxygen atoms in total. The summed E-state index contributed by atoms with van der Waals surface area (Å²) in [6.07, 6.45) is 0.920. The summed E-state index contributed by atoms with van der Waals surface area (Å²) in [5.74, 6) is 1.43. The van der Waals surface area contributed by atoms with Gasteiger partial charge in [-0.1, -0.05) is 24.3 Å². The lowest BCUT2D eigenvalue weighted by Gasteiger charge is -2.47. The van der Waals surface area contributed by atoms with E-state index in [0.717, 1.165) is 45.2 Å². The van der Waals surface area contributed by atoms with Crippen molar-refractivity contribution in [2.45, 2.75) is 19.4 Å². The number of rotatable bonds is 5. The molecule has 6 heteroatoms. The SMILES string of the molecule is Cc1cc2c(cc1N)Oc1cc(P)c(C)cc1C2(c1ccccc1C=O)N(C)CCN. The van der Waals surface area contributed by atoms with E-state index in [1.807, 2.05) is 50.4 Å². The second kappa shape index (κ2) is 8.08. The van der Waals surface area contributed by atoms with Crippen LogP contribution in [0.1, 0.15) is 38.2 Å². The van der Waals surface area contributed by atoms with Gasteiger partial charge in [-0.15, -0.1) is 9.24 Å². The number of ether oxygens (including phenoxy) is 1.